The lowest BCUT2D eigenvalue weighted by Gasteiger charge is -2.61. The van der Waals surface area contributed by atoms with Gasteiger partial charge in [0.15, 0.2) is 0 Å². The minimum Gasteiger partial charge on any atom is -0.342 e. The molecule has 3 aliphatic carbocycles. The van der Waals surface area contributed by atoms with Crippen LogP contribution in [0.5, 0.6) is 0 Å². The summed E-state index contributed by atoms with van der Waals surface area (Å²) in [6.45, 7) is 5.05. The molecule has 3 saturated carbocycles. The minimum atomic E-state index is 0.308. The SMILES string of the molecule is CN1C(=O)CC[C@]2(C)[C@H]3CC[C@]4(C)/C(=C\c5ccccc5Cl)CC[C@H]4[C@@H]3CC[C@@H]12. The Morgan fingerprint density at radius 2 is 1.83 bits per heavy atom. The average Bonchev–Trinajstić information content (AvgIpc) is 3.03. The molecule has 6 atom stereocenters. The summed E-state index contributed by atoms with van der Waals surface area (Å²) in [5.41, 5.74) is 3.43. The number of benzene rings is 1. The number of piperidine rings is 1. The highest BCUT2D eigenvalue weighted by Crippen LogP contribution is 2.66. The molecule has 3 heteroatoms. The topological polar surface area (TPSA) is 20.3 Å². The first kappa shape index (κ1) is 19.7. The molecule has 1 saturated heterocycles. The zero-order valence-corrected chi connectivity index (χ0v) is 18.8. The molecule has 0 N–H and O–H groups in total. The van der Waals surface area contributed by atoms with Crippen molar-refractivity contribution in [3.63, 3.8) is 0 Å². The fourth-order valence-corrected chi connectivity index (χ4v) is 8.21. The number of rotatable bonds is 1. The maximum Gasteiger partial charge on any atom is 0.222 e. The van der Waals surface area contributed by atoms with Crippen molar-refractivity contribution in [2.75, 3.05) is 7.05 Å². The van der Waals surface area contributed by atoms with Crippen LogP contribution in [0.15, 0.2) is 29.8 Å². The van der Waals surface area contributed by atoms with Crippen molar-refractivity contribution in [3.8, 4) is 0 Å². The molecule has 2 nitrogen and oxygen atoms in total. The molecule has 5 rings (SSSR count). The second-order valence-corrected chi connectivity index (χ2v) is 11.1. The number of likely N-dealkylation sites (tertiary alicyclic amines) is 1. The number of nitrogens with zero attached hydrogens (tertiary/aromatic N) is 1. The third-order valence-corrected chi connectivity index (χ3v) is 9.98. The van der Waals surface area contributed by atoms with Crippen LogP contribution >= 0.6 is 11.6 Å². The number of amides is 1. The van der Waals surface area contributed by atoms with Gasteiger partial charge in [-0.1, -0.05) is 55.3 Å². The van der Waals surface area contributed by atoms with Crippen LogP contribution in [0.4, 0.5) is 0 Å². The van der Waals surface area contributed by atoms with Gasteiger partial charge in [-0.15, -0.1) is 0 Å². The van der Waals surface area contributed by atoms with E-state index < -0.39 is 0 Å². The van der Waals surface area contributed by atoms with Crippen LogP contribution in [-0.2, 0) is 4.79 Å². The quantitative estimate of drug-likeness (QED) is 0.510. The van der Waals surface area contributed by atoms with Crippen molar-refractivity contribution < 1.29 is 4.79 Å². The van der Waals surface area contributed by atoms with Crippen LogP contribution in [0.25, 0.3) is 6.08 Å². The molecule has 1 aromatic rings. The molecule has 0 bridgehead atoms. The van der Waals surface area contributed by atoms with Crippen LogP contribution in [0.3, 0.4) is 0 Å². The number of hydrogen-bond acceptors (Lipinski definition) is 1. The number of hydrogen-bond donors (Lipinski definition) is 0. The van der Waals surface area contributed by atoms with Gasteiger partial charge >= 0.3 is 0 Å². The highest BCUT2D eigenvalue weighted by Gasteiger charge is 2.60. The highest BCUT2D eigenvalue weighted by molar-refractivity contribution is 6.32. The summed E-state index contributed by atoms with van der Waals surface area (Å²) < 4.78 is 0. The largest absolute Gasteiger partial charge is 0.342 e. The molecular formula is C26H34ClNO. The molecular weight excluding hydrogens is 378 g/mol. The average molecular weight is 412 g/mol. The van der Waals surface area contributed by atoms with Crippen molar-refractivity contribution >= 4 is 23.6 Å². The summed E-state index contributed by atoms with van der Waals surface area (Å²) in [4.78, 5) is 14.4. The van der Waals surface area contributed by atoms with Crippen molar-refractivity contribution in [1.29, 1.82) is 0 Å². The van der Waals surface area contributed by atoms with Gasteiger partial charge in [-0.3, -0.25) is 4.79 Å². The van der Waals surface area contributed by atoms with E-state index in [0.717, 1.165) is 35.6 Å². The zero-order valence-electron chi connectivity index (χ0n) is 18.1. The van der Waals surface area contributed by atoms with Gasteiger partial charge in [0.2, 0.25) is 5.91 Å². The molecule has 0 unspecified atom stereocenters. The summed E-state index contributed by atoms with van der Waals surface area (Å²) in [5.74, 6) is 2.73. The van der Waals surface area contributed by atoms with E-state index in [1.807, 2.05) is 12.1 Å². The number of halogens is 1. The third-order valence-electron chi connectivity index (χ3n) is 9.64. The third kappa shape index (κ3) is 2.85. The van der Waals surface area contributed by atoms with E-state index in [4.69, 9.17) is 11.6 Å². The van der Waals surface area contributed by atoms with Crippen molar-refractivity contribution in [2.24, 2.45) is 28.6 Å². The standard InChI is InChI=1S/C26H34ClNO/c1-25-14-12-21-19(9-11-23-26(21,2)15-13-24(29)28(23)3)20(25)10-8-18(25)16-17-6-4-5-7-22(17)27/h4-7,16,19-21,23H,8-15H2,1-3H3/b18-16-/t19-,20-,21-,23+,25+,26+/m0/s1. The zero-order chi connectivity index (χ0) is 20.4. The van der Waals surface area contributed by atoms with Gasteiger partial charge in [-0.2, -0.15) is 0 Å². The van der Waals surface area contributed by atoms with Crippen molar-refractivity contribution in [2.45, 2.75) is 71.3 Å². The second-order valence-electron chi connectivity index (χ2n) is 10.7. The lowest BCUT2D eigenvalue weighted by molar-refractivity contribution is -0.156. The summed E-state index contributed by atoms with van der Waals surface area (Å²) in [5, 5.41) is 0.865. The van der Waals surface area contributed by atoms with Gasteiger partial charge in [0, 0.05) is 24.5 Å². The molecule has 0 radical (unpaired) electrons. The minimum absolute atomic E-state index is 0.308. The summed E-state index contributed by atoms with van der Waals surface area (Å²) in [6, 6.07) is 8.71. The first-order valence-corrected chi connectivity index (χ1v) is 11.9. The molecule has 4 aliphatic rings. The van der Waals surface area contributed by atoms with Crippen molar-refractivity contribution in [3.05, 3.63) is 40.4 Å². The Bertz CT molecular complexity index is 862. The highest BCUT2D eigenvalue weighted by atomic mass is 35.5. The molecule has 1 amide bonds. The van der Waals surface area contributed by atoms with Crippen LogP contribution in [0, 0.1) is 28.6 Å². The Labute approximate surface area is 180 Å². The summed E-state index contributed by atoms with van der Waals surface area (Å²) >= 11 is 6.48. The molecule has 29 heavy (non-hydrogen) atoms. The first-order chi connectivity index (χ1) is 13.8. The van der Waals surface area contributed by atoms with E-state index in [-0.39, 0.29) is 0 Å². The van der Waals surface area contributed by atoms with E-state index in [1.54, 1.807) is 5.57 Å². The monoisotopic (exact) mass is 411 g/mol. The second kappa shape index (κ2) is 6.87. The Morgan fingerprint density at radius 3 is 2.62 bits per heavy atom. The summed E-state index contributed by atoms with van der Waals surface area (Å²) in [7, 11) is 2.05. The van der Waals surface area contributed by atoms with Gasteiger partial charge in [0.25, 0.3) is 0 Å². The molecule has 1 aliphatic heterocycles. The van der Waals surface area contributed by atoms with Gasteiger partial charge in [0.05, 0.1) is 0 Å². The summed E-state index contributed by atoms with van der Waals surface area (Å²) in [6.07, 6.45) is 11.9. The molecule has 1 heterocycles. The molecule has 0 spiro atoms. The number of allylic oxidation sites excluding steroid dienone is 1. The lowest BCUT2D eigenvalue weighted by atomic mass is 9.47. The van der Waals surface area contributed by atoms with E-state index in [9.17, 15) is 4.79 Å². The predicted octanol–water partition coefficient (Wildman–Crippen LogP) is 6.59. The molecule has 0 aromatic heterocycles. The Kier molecular flexibility index (Phi) is 4.66. The molecule has 156 valence electrons. The van der Waals surface area contributed by atoms with E-state index in [1.165, 1.54) is 44.1 Å². The smallest absolute Gasteiger partial charge is 0.222 e. The predicted molar refractivity (Wildman–Crippen MR) is 120 cm³/mol. The Balaban J connectivity index is 1.45. The van der Waals surface area contributed by atoms with E-state index >= 15 is 0 Å². The van der Waals surface area contributed by atoms with E-state index in [0.29, 0.717) is 22.8 Å². The van der Waals surface area contributed by atoms with Crippen LogP contribution < -0.4 is 0 Å². The Morgan fingerprint density at radius 1 is 1.03 bits per heavy atom. The maximum absolute atomic E-state index is 12.3. The number of carbonyl (C=O) groups is 1. The van der Waals surface area contributed by atoms with Gasteiger partial charge in [-0.25, -0.2) is 0 Å². The van der Waals surface area contributed by atoms with Gasteiger partial charge < -0.3 is 4.90 Å². The number of carbonyl (C=O) groups excluding carboxylic acids is 1. The lowest BCUT2D eigenvalue weighted by Crippen LogP contribution is -2.61. The number of fused-ring (bicyclic) bond motifs is 5. The Hall–Kier alpha value is -1.28. The van der Waals surface area contributed by atoms with Crippen LogP contribution in [-0.4, -0.2) is 23.9 Å². The molecule has 1 aromatic carbocycles. The molecule has 4 fully saturated rings. The van der Waals surface area contributed by atoms with Gasteiger partial charge in [-0.05, 0) is 85.2 Å². The first-order valence-electron chi connectivity index (χ1n) is 11.6. The van der Waals surface area contributed by atoms with Crippen LogP contribution in [0.1, 0.15) is 70.8 Å². The fraction of sp³-hybridized carbons (Fsp3) is 0.654. The van der Waals surface area contributed by atoms with Crippen LogP contribution in [0.2, 0.25) is 5.02 Å². The van der Waals surface area contributed by atoms with Crippen molar-refractivity contribution in [1.82, 2.24) is 4.90 Å². The normalized spacial score (nSPS) is 43.1. The maximum atomic E-state index is 12.3. The fourth-order valence-electron chi connectivity index (χ4n) is 8.02. The van der Waals surface area contributed by atoms with E-state index in [2.05, 4.69) is 44.0 Å². The van der Waals surface area contributed by atoms with Gasteiger partial charge in [0.1, 0.15) is 0 Å².